The van der Waals surface area contributed by atoms with Crippen LogP contribution in [-0.2, 0) is 4.79 Å². The normalized spacial score (nSPS) is 10.3. The predicted octanol–water partition coefficient (Wildman–Crippen LogP) is 2.46. The number of anilines is 1. The smallest absolute Gasteiger partial charge is 0.241 e. The van der Waals surface area contributed by atoms with Crippen molar-refractivity contribution in [2.45, 2.75) is 20.3 Å². The molecule has 0 aliphatic heterocycles. The number of hydrogen-bond donors (Lipinski definition) is 0. The number of aryl methyl sites for hydroxylation is 1. The summed E-state index contributed by atoms with van der Waals surface area (Å²) < 4.78 is 0.963. The summed E-state index contributed by atoms with van der Waals surface area (Å²) in [6.45, 7) is 5.29. The third-order valence-corrected chi connectivity index (χ3v) is 3.66. The molecule has 0 aliphatic rings. The summed E-state index contributed by atoms with van der Waals surface area (Å²) in [5, 5.41) is 0. The molecule has 0 fully saturated rings. The first-order valence-electron chi connectivity index (χ1n) is 6.03. The van der Waals surface area contributed by atoms with Crippen LogP contribution in [0.3, 0.4) is 0 Å². The summed E-state index contributed by atoms with van der Waals surface area (Å²) in [5.74, 6) is 0.922. The van der Waals surface area contributed by atoms with Crippen molar-refractivity contribution in [3.63, 3.8) is 0 Å². The van der Waals surface area contributed by atoms with Crippen LogP contribution in [0.1, 0.15) is 18.9 Å². The number of rotatable bonds is 5. The molecule has 0 aromatic carbocycles. The topological polar surface area (TPSA) is 36.4 Å². The maximum atomic E-state index is 11.8. The van der Waals surface area contributed by atoms with Crippen LogP contribution in [0, 0.1) is 6.92 Å². The molecule has 0 N–H and O–H groups in total. The average molecular weight is 314 g/mol. The fraction of sp³-hybridized carbons (Fsp3) is 0.538. The zero-order chi connectivity index (χ0) is 13.7. The van der Waals surface area contributed by atoms with Gasteiger partial charge in [0.1, 0.15) is 5.82 Å². The molecule has 1 aromatic heterocycles. The molecule has 1 rings (SSSR count). The van der Waals surface area contributed by atoms with Gasteiger partial charge in [0.25, 0.3) is 0 Å². The molecule has 4 nitrogen and oxygen atoms in total. The zero-order valence-corrected chi connectivity index (χ0v) is 13.0. The van der Waals surface area contributed by atoms with E-state index in [1.165, 1.54) is 0 Å². The van der Waals surface area contributed by atoms with Crippen molar-refractivity contribution >= 4 is 27.7 Å². The lowest BCUT2D eigenvalue weighted by Gasteiger charge is -2.25. The van der Waals surface area contributed by atoms with Crippen LogP contribution in [0.25, 0.3) is 0 Å². The number of nitrogens with zero attached hydrogens (tertiary/aromatic N) is 3. The first kappa shape index (κ1) is 15.0. The highest BCUT2D eigenvalue weighted by atomic mass is 79.9. The van der Waals surface area contributed by atoms with Gasteiger partial charge in [-0.1, -0.05) is 6.92 Å². The number of hydrogen-bond acceptors (Lipinski definition) is 3. The summed E-state index contributed by atoms with van der Waals surface area (Å²) >= 11 is 3.55. The molecule has 0 radical (unpaired) electrons. The quantitative estimate of drug-likeness (QED) is 0.838. The van der Waals surface area contributed by atoms with Gasteiger partial charge in [0.2, 0.25) is 5.91 Å². The first-order valence-corrected chi connectivity index (χ1v) is 6.82. The minimum atomic E-state index is 0.0821. The second-order valence-electron chi connectivity index (χ2n) is 4.48. The van der Waals surface area contributed by atoms with Gasteiger partial charge in [-0.2, -0.15) is 0 Å². The SMILES string of the molecule is CCCN(CC(=O)N(C)C)c1nccc(C)c1Br. The van der Waals surface area contributed by atoms with Crippen LogP contribution in [0.2, 0.25) is 0 Å². The van der Waals surface area contributed by atoms with E-state index < -0.39 is 0 Å². The highest BCUT2D eigenvalue weighted by Gasteiger charge is 2.16. The summed E-state index contributed by atoms with van der Waals surface area (Å²) in [6, 6.07) is 1.95. The van der Waals surface area contributed by atoms with E-state index in [9.17, 15) is 4.79 Å². The highest BCUT2D eigenvalue weighted by Crippen LogP contribution is 2.26. The molecule has 100 valence electrons. The van der Waals surface area contributed by atoms with Crippen molar-refractivity contribution in [2.75, 3.05) is 32.1 Å². The largest absolute Gasteiger partial charge is 0.347 e. The standard InChI is InChI=1S/C13H20BrN3O/c1-5-8-17(9-11(18)16(3)4)13-12(14)10(2)6-7-15-13/h6-7H,5,8-9H2,1-4H3. The number of likely N-dealkylation sites (N-methyl/N-ethyl adjacent to an activating group) is 1. The van der Waals surface area contributed by atoms with E-state index >= 15 is 0 Å². The van der Waals surface area contributed by atoms with Crippen molar-refractivity contribution in [3.8, 4) is 0 Å². The van der Waals surface area contributed by atoms with Crippen molar-refractivity contribution in [1.29, 1.82) is 0 Å². The van der Waals surface area contributed by atoms with Crippen molar-refractivity contribution < 1.29 is 4.79 Å². The number of aromatic nitrogens is 1. The van der Waals surface area contributed by atoms with Gasteiger partial charge in [-0.25, -0.2) is 4.98 Å². The second kappa shape index (κ2) is 6.73. The van der Waals surface area contributed by atoms with E-state index in [2.05, 4.69) is 27.8 Å². The monoisotopic (exact) mass is 313 g/mol. The maximum absolute atomic E-state index is 11.8. The minimum absolute atomic E-state index is 0.0821. The molecule has 0 atom stereocenters. The molecular weight excluding hydrogens is 294 g/mol. The molecule has 0 unspecified atom stereocenters. The number of halogens is 1. The lowest BCUT2D eigenvalue weighted by atomic mass is 10.2. The van der Waals surface area contributed by atoms with Crippen LogP contribution >= 0.6 is 15.9 Å². The third kappa shape index (κ3) is 3.70. The fourth-order valence-corrected chi connectivity index (χ4v) is 2.07. The van der Waals surface area contributed by atoms with Gasteiger partial charge in [-0.15, -0.1) is 0 Å². The van der Waals surface area contributed by atoms with Gasteiger partial charge in [0.05, 0.1) is 11.0 Å². The third-order valence-electron chi connectivity index (χ3n) is 2.68. The van der Waals surface area contributed by atoms with Crippen LogP contribution in [-0.4, -0.2) is 43.0 Å². The van der Waals surface area contributed by atoms with Gasteiger partial charge in [0, 0.05) is 26.8 Å². The fourth-order valence-electron chi connectivity index (χ4n) is 1.58. The Bertz CT molecular complexity index is 421. The van der Waals surface area contributed by atoms with Gasteiger partial charge < -0.3 is 9.80 Å². The summed E-state index contributed by atoms with van der Waals surface area (Å²) in [5.41, 5.74) is 1.12. The Labute approximate surface area is 117 Å². The van der Waals surface area contributed by atoms with Crippen molar-refractivity contribution in [1.82, 2.24) is 9.88 Å². The molecule has 18 heavy (non-hydrogen) atoms. The minimum Gasteiger partial charge on any atom is -0.347 e. The predicted molar refractivity (Wildman–Crippen MR) is 77.9 cm³/mol. The van der Waals surface area contributed by atoms with Gasteiger partial charge in [-0.3, -0.25) is 4.79 Å². The van der Waals surface area contributed by atoms with E-state index in [0.29, 0.717) is 6.54 Å². The van der Waals surface area contributed by atoms with Crippen LogP contribution < -0.4 is 4.90 Å². The Morgan fingerprint density at radius 2 is 2.11 bits per heavy atom. The Kier molecular flexibility index (Phi) is 5.59. The van der Waals surface area contributed by atoms with Crippen LogP contribution in [0.4, 0.5) is 5.82 Å². The summed E-state index contributed by atoms with van der Waals surface area (Å²) in [7, 11) is 3.54. The maximum Gasteiger partial charge on any atom is 0.241 e. The molecule has 0 bridgehead atoms. The number of carbonyl (C=O) groups is 1. The number of amides is 1. The lowest BCUT2D eigenvalue weighted by Crippen LogP contribution is -2.37. The molecular formula is C13H20BrN3O. The summed E-state index contributed by atoms with van der Waals surface area (Å²) in [4.78, 5) is 19.8. The van der Waals surface area contributed by atoms with E-state index in [1.54, 1.807) is 25.2 Å². The van der Waals surface area contributed by atoms with Crippen LogP contribution in [0.5, 0.6) is 0 Å². The molecule has 0 saturated heterocycles. The zero-order valence-electron chi connectivity index (χ0n) is 11.4. The summed E-state index contributed by atoms with van der Waals surface area (Å²) in [6.07, 6.45) is 2.75. The van der Waals surface area contributed by atoms with Crippen molar-refractivity contribution in [3.05, 3.63) is 22.3 Å². The van der Waals surface area contributed by atoms with Crippen molar-refractivity contribution in [2.24, 2.45) is 0 Å². The molecule has 1 amide bonds. The Morgan fingerprint density at radius 1 is 1.44 bits per heavy atom. The highest BCUT2D eigenvalue weighted by molar-refractivity contribution is 9.10. The molecule has 0 saturated carbocycles. The van der Waals surface area contributed by atoms with E-state index in [-0.39, 0.29) is 5.91 Å². The molecule has 1 heterocycles. The molecule has 0 aliphatic carbocycles. The lowest BCUT2D eigenvalue weighted by molar-refractivity contribution is -0.127. The van der Waals surface area contributed by atoms with E-state index in [1.807, 2.05) is 17.9 Å². The second-order valence-corrected chi connectivity index (χ2v) is 5.27. The Hall–Kier alpha value is -1.10. The van der Waals surface area contributed by atoms with Gasteiger partial charge in [0.15, 0.2) is 0 Å². The average Bonchev–Trinajstić information content (AvgIpc) is 2.32. The Balaban J connectivity index is 2.97. The Morgan fingerprint density at radius 3 is 2.67 bits per heavy atom. The van der Waals surface area contributed by atoms with Gasteiger partial charge >= 0.3 is 0 Å². The first-order chi connectivity index (χ1) is 8.47. The molecule has 0 spiro atoms. The number of pyridine rings is 1. The molecule has 1 aromatic rings. The van der Waals surface area contributed by atoms with Crippen LogP contribution in [0.15, 0.2) is 16.7 Å². The van der Waals surface area contributed by atoms with E-state index in [0.717, 1.165) is 28.8 Å². The number of carbonyl (C=O) groups excluding carboxylic acids is 1. The van der Waals surface area contributed by atoms with E-state index in [4.69, 9.17) is 0 Å². The molecule has 5 heteroatoms. The van der Waals surface area contributed by atoms with Gasteiger partial charge in [-0.05, 0) is 40.9 Å².